The lowest BCUT2D eigenvalue weighted by Crippen LogP contribution is -3.13. The highest BCUT2D eigenvalue weighted by atomic mass is 19.1. The molecule has 0 bridgehead atoms. The van der Waals surface area contributed by atoms with E-state index < -0.39 is 5.60 Å². The van der Waals surface area contributed by atoms with Crippen molar-refractivity contribution in [3.8, 4) is 0 Å². The Labute approximate surface area is 180 Å². The highest BCUT2D eigenvalue weighted by Gasteiger charge is 2.51. The van der Waals surface area contributed by atoms with Gasteiger partial charge in [-0.05, 0) is 44.9 Å². The Morgan fingerprint density at radius 1 is 1.03 bits per heavy atom. The van der Waals surface area contributed by atoms with E-state index in [0.29, 0.717) is 6.54 Å². The standard InChI is InChI=1S/C26H35FN2O/c1-3-28(4-2)22-14-12-20(13-15-22)25-23-10-7-8-16-26(23,30)17-18-29(25)19-21-9-5-6-11-24(21)27/h5-6,9,11-15,23,25,30H,3-4,7-8,10,16-19H2,1-2H3/p+1/t23-,25+,26-/m1/s1. The second-order valence-corrected chi connectivity index (χ2v) is 9.12. The largest absolute Gasteiger partial charge is 0.389 e. The Morgan fingerprint density at radius 2 is 1.77 bits per heavy atom. The second-order valence-electron chi connectivity index (χ2n) is 9.12. The number of piperidine rings is 1. The van der Waals surface area contributed by atoms with Gasteiger partial charge in [0.2, 0.25) is 0 Å². The summed E-state index contributed by atoms with van der Waals surface area (Å²) < 4.78 is 14.4. The van der Waals surface area contributed by atoms with Crippen LogP contribution in [0.2, 0.25) is 0 Å². The van der Waals surface area contributed by atoms with Crippen molar-refractivity contribution < 1.29 is 14.4 Å². The maximum absolute atomic E-state index is 14.4. The lowest BCUT2D eigenvalue weighted by atomic mass is 9.66. The first-order valence-corrected chi connectivity index (χ1v) is 11.7. The van der Waals surface area contributed by atoms with Crippen LogP contribution < -0.4 is 9.80 Å². The molecule has 0 aromatic heterocycles. The Morgan fingerprint density at radius 3 is 2.47 bits per heavy atom. The number of hydrogen-bond acceptors (Lipinski definition) is 2. The van der Waals surface area contributed by atoms with E-state index in [2.05, 4.69) is 43.0 Å². The van der Waals surface area contributed by atoms with Crippen LogP contribution in [0.3, 0.4) is 0 Å². The molecule has 0 spiro atoms. The number of benzene rings is 2. The third-order valence-corrected chi connectivity index (χ3v) is 7.54. The summed E-state index contributed by atoms with van der Waals surface area (Å²) in [7, 11) is 0. The van der Waals surface area contributed by atoms with E-state index in [1.54, 1.807) is 12.1 Å². The average Bonchev–Trinajstić information content (AvgIpc) is 2.77. The van der Waals surface area contributed by atoms with Gasteiger partial charge in [-0.1, -0.05) is 43.2 Å². The van der Waals surface area contributed by atoms with Gasteiger partial charge in [0.05, 0.1) is 12.1 Å². The van der Waals surface area contributed by atoms with Crippen molar-refractivity contribution in [2.75, 3.05) is 24.5 Å². The Balaban J connectivity index is 1.67. The molecule has 2 fully saturated rings. The Hall–Kier alpha value is -1.91. The predicted molar refractivity (Wildman–Crippen MR) is 120 cm³/mol. The van der Waals surface area contributed by atoms with Crippen molar-refractivity contribution >= 4 is 5.69 Å². The molecule has 1 saturated carbocycles. The zero-order valence-electron chi connectivity index (χ0n) is 18.4. The van der Waals surface area contributed by atoms with Gasteiger partial charge in [0.1, 0.15) is 18.4 Å². The van der Waals surface area contributed by atoms with E-state index in [0.717, 1.165) is 50.9 Å². The second kappa shape index (κ2) is 9.07. The SMILES string of the molecule is CCN(CC)c1ccc([C@H]2[C@H]3CCCC[C@@]3(O)CC[NH+]2Cc2ccccc2F)cc1. The third-order valence-electron chi connectivity index (χ3n) is 7.54. The summed E-state index contributed by atoms with van der Waals surface area (Å²) >= 11 is 0. The number of quaternary nitrogens is 1. The number of nitrogens with one attached hydrogen (secondary N) is 1. The van der Waals surface area contributed by atoms with Crippen molar-refractivity contribution in [3.05, 3.63) is 65.5 Å². The fourth-order valence-electron chi connectivity index (χ4n) is 5.89. The fraction of sp³-hybridized carbons (Fsp3) is 0.538. The molecule has 1 saturated heterocycles. The van der Waals surface area contributed by atoms with Crippen molar-refractivity contribution in [1.82, 2.24) is 0 Å². The lowest BCUT2D eigenvalue weighted by Gasteiger charge is -2.50. The first-order chi connectivity index (χ1) is 14.6. The van der Waals surface area contributed by atoms with Gasteiger partial charge in [-0.15, -0.1) is 0 Å². The summed E-state index contributed by atoms with van der Waals surface area (Å²) in [5.41, 5.74) is 2.73. The number of aliphatic hydroxyl groups is 1. The van der Waals surface area contributed by atoms with E-state index >= 15 is 0 Å². The molecule has 2 aromatic carbocycles. The molecule has 1 aliphatic heterocycles. The number of rotatable bonds is 6. The first kappa shape index (κ1) is 21.3. The summed E-state index contributed by atoms with van der Waals surface area (Å²) in [4.78, 5) is 3.73. The zero-order chi connectivity index (χ0) is 21.1. The van der Waals surface area contributed by atoms with Gasteiger partial charge in [0, 0.05) is 42.2 Å². The van der Waals surface area contributed by atoms with Crippen LogP contribution >= 0.6 is 0 Å². The lowest BCUT2D eigenvalue weighted by molar-refractivity contribution is -0.958. The molecule has 1 heterocycles. The Kier molecular flexibility index (Phi) is 6.45. The van der Waals surface area contributed by atoms with Crippen molar-refractivity contribution in [2.24, 2.45) is 5.92 Å². The molecule has 2 N–H and O–H groups in total. The average molecular weight is 412 g/mol. The van der Waals surface area contributed by atoms with E-state index in [1.165, 1.54) is 22.6 Å². The Bertz CT molecular complexity index is 835. The highest BCUT2D eigenvalue weighted by molar-refractivity contribution is 5.47. The molecular weight excluding hydrogens is 375 g/mol. The zero-order valence-corrected chi connectivity index (χ0v) is 18.4. The molecule has 4 rings (SSSR count). The molecule has 3 nitrogen and oxygen atoms in total. The van der Waals surface area contributed by atoms with Gasteiger partial charge >= 0.3 is 0 Å². The topological polar surface area (TPSA) is 27.9 Å². The molecular formula is C26H36FN2O+. The number of halogens is 1. The van der Waals surface area contributed by atoms with Gasteiger partial charge in [0.15, 0.2) is 0 Å². The summed E-state index contributed by atoms with van der Waals surface area (Å²) in [6, 6.07) is 16.3. The summed E-state index contributed by atoms with van der Waals surface area (Å²) in [5, 5.41) is 11.5. The minimum Gasteiger partial charge on any atom is -0.389 e. The number of likely N-dealkylation sites (tertiary alicyclic amines) is 1. The van der Waals surface area contributed by atoms with Crippen LogP contribution in [0.25, 0.3) is 0 Å². The first-order valence-electron chi connectivity index (χ1n) is 11.7. The van der Waals surface area contributed by atoms with Crippen LogP contribution in [-0.4, -0.2) is 30.3 Å². The van der Waals surface area contributed by atoms with Crippen LogP contribution in [0.15, 0.2) is 48.5 Å². The molecule has 1 aliphatic carbocycles. The van der Waals surface area contributed by atoms with E-state index in [-0.39, 0.29) is 17.8 Å². The smallest absolute Gasteiger partial charge is 0.132 e. The van der Waals surface area contributed by atoms with Gasteiger partial charge in [-0.2, -0.15) is 0 Å². The predicted octanol–water partition coefficient (Wildman–Crippen LogP) is 4.12. The molecule has 0 amide bonds. The van der Waals surface area contributed by atoms with Gasteiger partial charge in [-0.25, -0.2) is 4.39 Å². The van der Waals surface area contributed by atoms with Crippen LogP contribution in [0.1, 0.15) is 63.1 Å². The van der Waals surface area contributed by atoms with Crippen LogP contribution in [0, 0.1) is 11.7 Å². The minimum atomic E-state index is -0.570. The van der Waals surface area contributed by atoms with Crippen LogP contribution in [0.4, 0.5) is 10.1 Å². The van der Waals surface area contributed by atoms with Gasteiger partial charge in [-0.3, -0.25) is 0 Å². The van der Waals surface area contributed by atoms with Crippen molar-refractivity contribution in [3.63, 3.8) is 0 Å². The molecule has 2 aromatic rings. The number of nitrogens with zero attached hydrogens (tertiary/aromatic N) is 1. The highest BCUT2D eigenvalue weighted by Crippen LogP contribution is 2.44. The monoisotopic (exact) mass is 411 g/mol. The van der Waals surface area contributed by atoms with E-state index in [4.69, 9.17) is 0 Å². The molecule has 1 unspecified atom stereocenters. The minimum absolute atomic E-state index is 0.120. The van der Waals surface area contributed by atoms with E-state index in [1.807, 2.05) is 12.1 Å². The summed E-state index contributed by atoms with van der Waals surface area (Å²) in [6.45, 7) is 7.89. The fourth-order valence-corrected chi connectivity index (χ4v) is 5.89. The van der Waals surface area contributed by atoms with Gasteiger partial charge < -0.3 is 14.9 Å². The van der Waals surface area contributed by atoms with Crippen LogP contribution in [-0.2, 0) is 6.54 Å². The third kappa shape index (κ3) is 4.13. The molecule has 2 aliphatic rings. The molecule has 30 heavy (non-hydrogen) atoms. The molecule has 162 valence electrons. The van der Waals surface area contributed by atoms with Crippen LogP contribution in [0.5, 0.6) is 0 Å². The van der Waals surface area contributed by atoms with Gasteiger partial charge in [0.25, 0.3) is 0 Å². The summed E-state index contributed by atoms with van der Waals surface area (Å²) in [6.07, 6.45) is 5.06. The normalized spacial score (nSPS) is 28.7. The quantitative estimate of drug-likeness (QED) is 0.748. The molecule has 0 radical (unpaired) electrons. The van der Waals surface area contributed by atoms with E-state index in [9.17, 15) is 9.50 Å². The molecule has 4 heteroatoms. The van der Waals surface area contributed by atoms with Crippen molar-refractivity contribution in [1.29, 1.82) is 0 Å². The number of fused-ring (bicyclic) bond motifs is 1. The number of hydrogen-bond donors (Lipinski definition) is 2. The maximum Gasteiger partial charge on any atom is 0.132 e. The van der Waals surface area contributed by atoms with Crippen molar-refractivity contribution in [2.45, 2.75) is 64.1 Å². The number of anilines is 1. The summed E-state index contributed by atoms with van der Waals surface area (Å²) in [5.74, 6) is 0.117. The molecule has 4 atom stereocenters. The maximum atomic E-state index is 14.4.